The van der Waals surface area contributed by atoms with Crippen LogP contribution in [0.25, 0.3) is 0 Å². The van der Waals surface area contributed by atoms with Gasteiger partial charge >= 0.3 is 0 Å². The molecule has 2 aromatic rings. The Kier molecular flexibility index (Phi) is 9.36. The highest BCUT2D eigenvalue weighted by Gasteiger charge is 2.33. The van der Waals surface area contributed by atoms with Crippen molar-refractivity contribution in [1.29, 1.82) is 0 Å². The molecule has 2 amide bonds. The van der Waals surface area contributed by atoms with Gasteiger partial charge in [-0.05, 0) is 75.9 Å². The molecular formula is C26H36ClN3O4S. The van der Waals surface area contributed by atoms with Crippen molar-refractivity contribution in [2.75, 3.05) is 17.1 Å². The molecule has 0 saturated carbocycles. The van der Waals surface area contributed by atoms with Gasteiger partial charge in [0.25, 0.3) is 0 Å². The molecule has 0 radical (unpaired) electrons. The molecule has 35 heavy (non-hydrogen) atoms. The van der Waals surface area contributed by atoms with Crippen LogP contribution < -0.4 is 9.62 Å². The van der Waals surface area contributed by atoms with Crippen LogP contribution in [0.4, 0.5) is 5.69 Å². The van der Waals surface area contributed by atoms with Crippen LogP contribution in [0.1, 0.15) is 50.8 Å². The van der Waals surface area contributed by atoms with Crippen LogP contribution in [0, 0.1) is 13.8 Å². The van der Waals surface area contributed by atoms with Gasteiger partial charge in [-0.25, -0.2) is 8.42 Å². The van der Waals surface area contributed by atoms with Crippen LogP contribution >= 0.6 is 11.6 Å². The third-order valence-electron chi connectivity index (χ3n) is 5.46. The molecule has 0 saturated heterocycles. The van der Waals surface area contributed by atoms with Crippen LogP contribution in [0.15, 0.2) is 42.5 Å². The molecule has 0 aliphatic rings. The molecular weight excluding hydrogens is 486 g/mol. The quantitative estimate of drug-likeness (QED) is 0.528. The molecule has 0 aliphatic carbocycles. The fourth-order valence-corrected chi connectivity index (χ4v) is 4.77. The van der Waals surface area contributed by atoms with E-state index in [1.807, 2.05) is 46.8 Å². The number of amides is 2. The second-order valence-corrected chi connectivity index (χ2v) is 12.2. The number of nitrogens with one attached hydrogen (secondary N) is 1. The summed E-state index contributed by atoms with van der Waals surface area (Å²) >= 11 is 6.02. The number of rotatable bonds is 9. The molecule has 1 unspecified atom stereocenters. The summed E-state index contributed by atoms with van der Waals surface area (Å²) in [5.74, 6) is -0.762. The van der Waals surface area contributed by atoms with Crippen molar-refractivity contribution in [2.45, 2.75) is 66.1 Å². The largest absolute Gasteiger partial charge is 0.350 e. The first-order valence-corrected chi connectivity index (χ1v) is 13.8. The molecule has 0 fully saturated rings. The lowest BCUT2D eigenvalue weighted by Gasteiger charge is -2.34. The van der Waals surface area contributed by atoms with Gasteiger partial charge in [0.15, 0.2) is 0 Å². The van der Waals surface area contributed by atoms with Crippen LogP contribution in [-0.2, 0) is 26.2 Å². The lowest BCUT2D eigenvalue weighted by atomic mass is 10.1. The summed E-state index contributed by atoms with van der Waals surface area (Å²) in [5, 5.41) is 3.50. The van der Waals surface area contributed by atoms with E-state index in [1.54, 1.807) is 37.3 Å². The zero-order chi connectivity index (χ0) is 26.6. The lowest BCUT2D eigenvalue weighted by molar-refractivity contribution is -0.141. The Morgan fingerprint density at radius 3 is 2.17 bits per heavy atom. The van der Waals surface area contributed by atoms with E-state index >= 15 is 0 Å². The van der Waals surface area contributed by atoms with Gasteiger partial charge in [0.1, 0.15) is 12.6 Å². The third kappa shape index (κ3) is 8.25. The van der Waals surface area contributed by atoms with Gasteiger partial charge in [0.05, 0.1) is 11.9 Å². The maximum absolute atomic E-state index is 13.7. The summed E-state index contributed by atoms with van der Waals surface area (Å²) in [5.41, 5.74) is 2.34. The first-order valence-electron chi connectivity index (χ1n) is 11.5. The number of carbonyl (C=O) groups excluding carboxylic acids is 2. The van der Waals surface area contributed by atoms with Gasteiger partial charge in [-0.1, -0.05) is 42.8 Å². The molecule has 1 atom stereocenters. The van der Waals surface area contributed by atoms with Crippen LogP contribution in [0.2, 0.25) is 5.02 Å². The highest BCUT2D eigenvalue weighted by Crippen LogP contribution is 2.25. The van der Waals surface area contributed by atoms with E-state index in [-0.39, 0.29) is 12.5 Å². The van der Waals surface area contributed by atoms with Crippen molar-refractivity contribution in [1.82, 2.24) is 10.2 Å². The summed E-state index contributed by atoms with van der Waals surface area (Å²) in [4.78, 5) is 28.4. The van der Waals surface area contributed by atoms with E-state index in [0.717, 1.165) is 27.3 Å². The maximum Gasteiger partial charge on any atom is 0.244 e. The van der Waals surface area contributed by atoms with E-state index in [4.69, 9.17) is 11.6 Å². The monoisotopic (exact) mass is 521 g/mol. The summed E-state index contributed by atoms with van der Waals surface area (Å²) < 4.78 is 26.7. The number of benzene rings is 2. The summed E-state index contributed by atoms with van der Waals surface area (Å²) in [6, 6.07) is 11.7. The minimum atomic E-state index is -3.78. The highest BCUT2D eigenvalue weighted by molar-refractivity contribution is 7.92. The van der Waals surface area contributed by atoms with E-state index in [2.05, 4.69) is 5.32 Å². The first kappa shape index (κ1) is 28.7. The number of carbonyl (C=O) groups is 2. The predicted octanol–water partition coefficient (Wildman–Crippen LogP) is 4.44. The Balaban J connectivity index is 2.49. The molecule has 2 aromatic carbocycles. The van der Waals surface area contributed by atoms with E-state index < -0.39 is 34.1 Å². The van der Waals surface area contributed by atoms with Crippen molar-refractivity contribution >= 4 is 39.1 Å². The number of hydrogen-bond donors (Lipinski definition) is 1. The van der Waals surface area contributed by atoms with Crippen LogP contribution in [0.3, 0.4) is 0 Å². The molecule has 0 aliphatic heterocycles. The normalized spacial score (nSPS) is 12.7. The molecule has 192 valence electrons. The molecule has 9 heteroatoms. The Morgan fingerprint density at radius 1 is 1.06 bits per heavy atom. The van der Waals surface area contributed by atoms with Gasteiger partial charge < -0.3 is 10.2 Å². The molecule has 0 spiro atoms. The average Bonchev–Trinajstić information content (AvgIpc) is 2.73. The van der Waals surface area contributed by atoms with Crippen LogP contribution in [0.5, 0.6) is 0 Å². The highest BCUT2D eigenvalue weighted by atomic mass is 35.5. The number of anilines is 1. The molecule has 0 bridgehead atoms. The SMILES string of the molecule is CCC(C(=O)NC(C)(C)C)N(Cc1ccc(Cl)cc1)C(=O)CN(c1cc(C)ccc1C)S(C)(=O)=O. The molecule has 1 N–H and O–H groups in total. The third-order valence-corrected chi connectivity index (χ3v) is 6.84. The number of aryl methyl sites for hydroxylation is 2. The van der Waals surface area contributed by atoms with Gasteiger partial charge in [-0.3, -0.25) is 13.9 Å². The number of hydrogen-bond acceptors (Lipinski definition) is 4. The van der Waals surface area contributed by atoms with Gasteiger partial charge in [0.2, 0.25) is 21.8 Å². The molecule has 2 rings (SSSR count). The second kappa shape index (κ2) is 11.4. The molecule has 0 aromatic heterocycles. The number of sulfonamides is 1. The van der Waals surface area contributed by atoms with Crippen molar-refractivity contribution in [3.05, 3.63) is 64.2 Å². The summed E-state index contributed by atoms with van der Waals surface area (Å²) in [6.45, 7) is 10.8. The van der Waals surface area contributed by atoms with Gasteiger partial charge in [0, 0.05) is 17.1 Å². The van der Waals surface area contributed by atoms with Crippen molar-refractivity contribution in [3.8, 4) is 0 Å². The minimum Gasteiger partial charge on any atom is -0.350 e. The van der Waals surface area contributed by atoms with Gasteiger partial charge in [-0.2, -0.15) is 0 Å². The minimum absolute atomic E-state index is 0.135. The fraction of sp³-hybridized carbons (Fsp3) is 0.462. The Labute approximate surface area is 214 Å². The lowest BCUT2D eigenvalue weighted by Crippen LogP contribution is -2.55. The number of halogens is 1. The molecule has 0 heterocycles. The average molecular weight is 522 g/mol. The summed E-state index contributed by atoms with van der Waals surface area (Å²) in [6.07, 6.45) is 1.44. The molecule has 7 nitrogen and oxygen atoms in total. The van der Waals surface area contributed by atoms with Gasteiger partial charge in [-0.15, -0.1) is 0 Å². The summed E-state index contributed by atoms with van der Waals surface area (Å²) in [7, 11) is -3.78. The Morgan fingerprint density at radius 2 is 1.66 bits per heavy atom. The second-order valence-electron chi connectivity index (χ2n) is 9.87. The topological polar surface area (TPSA) is 86.8 Å². The zero-order valence-corrected chi connectivity index (χ0v) is 23.1. The Hall–Kier alpha value is -2.58. The standard InChI is InChI=1S/C26H36ClN3O4S/c1-8-22(25(32)28-26(4,5)6)29(16-20-11-13-21(27)14-12-20)24(31)17-30(35(7,33)34)23-15-18(2)9-10-19(23)3/h9-15,22H,8,16-17H2,1-7H3,(H,28,32). The van der Waals surface area contributed by atoms with Crippen molar-refractivity contribution < 1.29 is 18.0 Å². The fourth-order valence-electron chi connectivity index (χ4n) is 3.74. The van der Waals surface area contributed by atoms with E-state index in [9.17, 15) is 18.0 Å². The first-order chi connectivity index (χ1) is 16.1. The van der Waals surface area contributed by atoms with Crippen LogP contribution in [-0.4, -0.2) is 49.5 Å². The van der Waals surface area contributed by atoms with Crippen molar-refractivity contribution in [2.24, 2.45) is 0 Å². The Bertz CT molecular complexity index is 1160. The smallest absolute Gasteiger partial charge is 0.244 e. The van der Waals surface area contributed by atoms with E-state index in [1.165, 1.54) is 4.90 Å². The van der Waals surface area contributed by atoms with Crippen molar-refractivity contribution in [3.63, 3.8) is 0 Å². The number of nitrogens with zero attached hydrogens (tertiary/aromatic N) is 2. The van der Waals surface area contributed by atoms with E-state index in [0.29, 0.717) is 17.1 Å². The zero-order valence-electron chi connectivity index (χ0n) is 21.6. The maximum atomic E-state index is 13.7. The predicted molar refractivity (Wildman–Crippen MR) is 142 cm³/mol.